The lowest BCUT2D eigenvalue weighted by Crippen LogP contribution is -2.54. The third-order valence-electron chi connectivity index (χ3n) is 6.95. The smallest absolute Gasteiger partial charge is 0.408 e. The molecule has 228 valence electrons. The van der Waals surface area contributed by atoms with Gasteiger partial charge in [-0.1, -0.05) is 31.2 Å². The van der Waals surface area contributed by atoms with E-state index in [1.807, 2.05) is 19.1 Å². The van der Waals surface area contributed by atoms with Gasteiger partial charge in [0.2, 0.25) is 11.8 Å². The molecule has 0 spiro atoms. The molecule has 1 saturated heterocycles. The fourth-order valence-corrected chi connectivity index (χ4v) is 4.43. The van der Waals surface area contributed by atoms with Crippen molar-refractivity contribution in [1.29, 1.82) is 0 Å². The van der Waals surface area contributed by atoms with Crippen molar-refractivity contribution in [2.45, 2.75) is 59.1 Å². The Morgan fingerprint density at radius 1 is 0.976 bits per heavy atom. The zero-order valence-corrected chi connectivity index (χ0v) is 24.4. The van der Waals surface area contributed by atoms with Gasteiger partial charge in [-0.3, -0.25) is 19.2 Å². The molecule has 1 heterocycles. The molecular weight excluding hydrogens is 550 g/mol. The van der Waals surface area contributed by atoms with Crippen LogP contribution in [0.5, 0.6) is 0 Å². The Kier molecular flexibility index (Phi) is 11.0. The second-order valence-corrected chi connectivity index (χ2v) is 11.2. The van der Waals surface area contributed by atoms with Crippen molar-refractivity contribution in [3.8, 4) is 0 Å². The van der Waals surface area contributed by atoms with E-state index in [1.165, 1.54) is 17.0 Å². The van der Waals surface area contributed by atoms with Gasteiger partial charge >= 0.3 is 6.09 Å². The quantitative estimate of drug-likeness (QED) is 0.364. The van der Waals surface area contributed by atoms with Gasteiger partial charge in [-0.2, -0.15) is 0 Å². The zero-order valence-electron chi connectivity index (χ0n) is 24.4. The number of halogens is 2. The molecule has 0 aliphatic carbocycles. The highest BCUT2D eigenvalue weighted by molar-refractivity contribution is 5.93. The number of likely N-dealkylation sites (tertiary alicyclic amines) is 1. The van der Waals surface area contributed by atoms with Gasteiger partial charge in [0.1, 0.15) is 12.1 Å². The van der Waals surface area contributed by atoms with Gasteiger partial charge in [-0.05, 0) is 63.8 Å². The summed E-state index contributed by atoms with van der Waals surface area (Å²) < 4.78 is 33.0. The summed E-state index contributed by atoms with van der Waals surface area (Å²) >= 11 is 0. The summed E-state index contributed by atoms with van der Waals surface area (Å²) in [4.78, 5) is 57.7. The van der Waals surface area contributed by atoms with Gasteiger partial charge in [0.25, 0.3) is 5.91 Å². The van der Waals surface area contributed by atoms with Crippen LogP contribution in [0.15, 0.2) is 42.5 Å². The van der Waals surface area contributed by atoms with E-state index in [2.05, 4.69) is 16.1 Å². The minimum Gasteiger partial charge on any atom is -0.444 e. The van der Waals surface area contributed by atoms with Crippen molar-refractivity contribution in [1.82, 2.24) is 21.0 Å². The van der Waals surface area contributed by atoms with Gasteiger partial charge in [-0.25, -0.2) is 19.1 Å². The van der Waals surface area contributed by atoms with Crippen LogP contribution in [0.2, 0.25) is 0 Å². The zero-order chi connectivity index (χ0) is 30.9. The minimum absolute atomic E-state index is 0.0240. The number of ether oxygens (including phenoxy) is 1. The molecule has 1 aliphatic heterocycles. The molecule has 4 amide bonds. The minimum atomic E-state index is -1.18. The molecular formula is C30H38F2N4O6. The monoisotopic (exact) mass is 588 g/mol. The molecule has 1 aliphatic rings. The van der Waals surface area contributed by atoms with E-state index in [-0.39, 0.29) is 57.1 Å². The molecule has 0 aromatic heterocycles. The summed E-state index contributed by atoms with van der Waals surface area (Å²) in [6.07, 6.45) is 0.416. The Morgan fingerprint density at radius 3 is 2.26 bits per heavy atom. The number of carbonyl (C=O) groups excluding carboxylic acids is 4. The van der Waals surface area contributed by atoms with Crippen LogP contribution in [0.25, 0.3) is 0 Å². The Balaban J connectivity index is 1.64. The van der Waals surface area contributed by atoms with Crippen LogP contribution in [0, 0.1) is 17.0 Å². The van der Waals surface area contributed by atoms with E-state index in [1.54, 1.807) is 32.9 Å². The fourth-order valence-electron chi connectivity index (χ4n) is 4.43. The molecule has 12 heteroatoms. The first kappa shape index (κ1) is 32.5. The first-order valence-corrected chi connectivity index (χ1v) is 13.8. The lowest BCUT2D eigenvalue weighted by atomic mass is 9.78. The van der Waals surface area contributed by atoms with Crippen LogP contribution in [0.1, 0.15) is 62.0 Å². The molecule has 1 fully saturated rings. The Labute approximate surface area is 244 Å². The molecule has 0 bridgehead atoms. The van der Waals surface area contributed by atoms with E-state index >= 15 is 0 Å². The molecule has 2 aromatic carbocycles. The highest BCUT2D eigenvalue weighted by Crippen LogP contribution is 2.32. The second kappa shape index (κ2) is 14.2. The summed E-state index contributed by atoms with van der Waals surface area (Å²) in [5.74, 6) is -3.42. The summed E-state index contributed by atoms with van der Waals surface area (Å²) in [7, 11) is 0. The average Bonchev–Trinajstić information content (AvgIpc) is 2.96. The van der Waals surface area contributed by atoms with Crippen LogP contribution in [0.4, 0.5) is 13.6 Å². The molecule has 0 unspecified atom stereocenters. The molecule has 3 rings (SSSR count). The van der Waals surface area contributed by atoms with Gasteiger partial charge in [0.15, 0.2) is 11.6 Å². The number of nitrogens with zero attached hydrogens (tertiary/aromatic N) is 1. The number of hydrogen-bond acceptors (Lipinski definition) is 6. The Morgan fingerprint density at radius 2 is 1.64 bits per heavy atom. The molecule has 10 nitrogen and oxygen atoms in total. The van der Waals surface area contributed by atoms with Crippen LogP contribution < -0.4 is 16.1 Å². The van der Waals surface area contributed by atoms with Crippen LogP contribution >= 0.6 is 0 Å². The number of alkyl carbamates (subject to hydrolysis) is 1. The van der Waals surface area contributed by atoms with Crippen molar-refractivity contribution in [2.24, 2.45) is 5.41 Å². The van der Waals surface area contributed by atoms with E-state index < -0.39 is 40.6 Å². The van der Waals surface area contributed by atoms with Crippen LogP contribution in [0.3, 0.4) is 0 Å². The summed E-state index contributed by atoms with van der Waals surface area (Å²) in [5.41, 5.74) is 1.90. The highest BCUT2D eigenvalue weighted by Gasteiger charge is 2.43. The number of piperidine rings is 1. The molecule has 3 N–H and O–H groups in total. The van der Waals surface area contributed by atoms with Gasteiger partial charge in [-0.15, -0.1) is 0 Å². The number of amides is 4. The third-order valence-corrected chi connectivity index (χ3v) is 6.95. The molecule has 0 saturated carbocycles. The molecule has 2 aromatic rings. The lowest BCUT2D eigenvalue weighted by molar-refractivity contribution is -0.146. The predicted molar refractivity (Wildman–Crippen MR) is 150 cm³/mol. The number of carbonyl (C=O) groups is 4. The summed E-state index contributed by atoms with van der Waals surface area (Å²) in [5, 5.41) is 5.08. The van der Waals surface area contributed by atoms with Gasteiger partial charge in [0, 0.05) is 30.8 Å². The van der Waals surface area contributed by atoms with E-state index in [9.17, 15) is 28.0 Å². The third kappa shape index (κ3) is 8.97. The topological polar surface area (TPSA) is 126 Å². The number of hydroxylamine groups is 1. The van der Waals surface area contributed by atoms with E-state index in [0.717, 1.165) is 18.1 Å². The molecule has 0 radical (unpaired) electrons. The van der Waals surface area contributed by atoms with Crippen molar-refractivity contribution >= 4 is 23.8 Å². The first-order valence-electron chi connectivity index (χ1n) is 13.8. The summed E-state index contributed by atoms with van der Waals surface area (Å²) in [6, 6.07) is 10.7. The Hall–Kier alpha value is -4.06. The largest absolute Gasteiger partial charge is 0.444 e. The highest BCUT2D eigenvalue weighted by atomic mass is 19.2. The number of nitrogens with one attached hydrogen (secondary N) is 3. The number of benzene rings is 2. The van der Waals surface area contributed by atoms with Crippen LogP contribution in [-0.2, 0) is 32.1 Å². The average molecular weight is 589 g/mol. The summed E-state index contributed by atoms with van der Waals surface area (Å²) in [6.45, 7) is 6.68. The van der Waals surface area contributed by atoms with Crippen molar-refractivity contribution in [3.63, 3.8) is 0 Å². The van der Waals surface area contributed by atoms with Gasteiger partial charge < -0.3 is 20.3 Å². The number of hydrogen-bond donors (Lipinski definition) is 3. The van der Waals surface area contributed by atoms with Crippen LogP contribution in [-0.4, -0.2) is 60.6 Å². The second-order valence-electron chi connectivity index (χ2n) is 11.2. The molecule has 42 heavy (non-hydrogen) atoms. The fraction of sp³-hybridized carbons (Fsp3) is 0.467. The van der Waals surface area contributed by atoms with Gasteiger partial charge in [0.05, 0.1) is 12.0 Å². The first-order chi connectivity index (χ1) is 19.8. The number of rotatable bonds is 10. The SMILES string of the molecule is CCc1ccc(C(=O)NOCC2(C(=O)NCc3cccc(F)c3F)CCN(C(=O)CNC(=O)OC(C)(C)C)CC2)cc1. The maximum Gasteiger partial charge on any atom is 0.408 e. The maximum atomic E-state index is 14.2. The van der Waals surface area contributed by atoms with Crippen molar-refractivity contribution < 1.29 is 37.5 Å². The Bertz CT molecular complexity index is 1270. The van der Waals surface area contributed by atoms with Crippen molar-refractivity contribution in [2.75, 3.05) is 26.2 Å². The number of aryl methyl sites for hydroxylation is 1. The maximum absolute atomic E-state index is 14.2. The van der Waals surface area contributed by atoms with Crippen molar-refractivity contribution in [3.05, 3.63) is 70.8 Å². The predicted octanol–water partition coefficient (Wildman–Crippen LogP) is 3.64. The van der Waals surface area contributed by atoms with E-state index in [0.29, 0.717) is 5.56 Å². The molecule has 0 atom stereocenters. The standard InChI is InChI=1S/C30H38F2N4O6/c1-5-20-9-11-21(12-10-20)26(38)35-41-19-30(27(39)33-17-22-7-6-8-23(31)25(22)32)13-15-36(16-14-30)24(37)18-34-28(40)42-29(2,3)4/h6-12H,5,13-19H2,1-4H3,(H,33,39)(H,34,40)(H,35,38). The normalized spacial score (nSPS) is 14.6. The lowest BCUT2D eigenvalue weighted by Gasteiger charge is -2.40. The van der Waals surface area contributed by atoms with E-state index in [4.69, 9.17) is 9.57 Å².